The fourth-order valence-electron chi connectivity index (χ4n) is 3.71. The summed E-state index contributed by atoms with van der Waals surface area (Å²) < 4.78 is 5.73. The van der Waals surface area contributed by atoms with E-state index in [1.54, 1.807) is 6.92 Å². The van der Waals surface area contributed by atoms with E-state index in [9.17, 15) is 14.7 Å². The minimum Gasteiger partial charge on any atom is -0.461 e. The number of aliphatic hydroxyl groups is 1. The van der Waals surface area contributed by atoms with Crippen LogP contribution in [-0.4, -0.2) is 41.1 Å². The van der Waals surface area contributed by atoms with Crippen molar-refractivity contribution in [3.05, 3.63) is 59.1 Å². The highest BCUT2D eigenvalue weighted by molar-refractivity contribution is 6.09. The lowest BCUT2D eigenvalue weighted by atomic mass is 10.0. The maximum absolute atomic E-state index is 12.8. The van der Waals surface area contributed by atoms with E-state index >= 15 is 0 Å². The van der Waals surface area contributed by atoms with E-state index in [1.807, 2.05) is 30.5 Å². The minimum atomic E-state index is -1.15. The van der Waals surface area contributed by atoms with Crippen LogP contribution in [0.5, 0.6) is 0 Å². The second kappa shape index (κ2) is 7.56. The molecule has 0 saturated carbocycles. The Hall–Kier alpha value is -3.39. The number of furan rings is 1. The number of carbonyl (C=O) groups is 2. The number of anilines is 1. The average Bonchev–Trinajstić information content (AvgIpc) is 3.06. The maximum atomic E-state index is 12.8. The van der Waals surface area contributed by atoms with Crippen molar-refractivity contribution in [3.63, 3.8) is 0 Å². The third-order valence-corrected chi connectivity index (χ3v) is 5.24. The van der Waals surface area contributed by atoms with Crippen LogP contribution >= 0.6 is 0 Å². The number of nitrogens with zero attached hydrogens (tertiary/aromatic N) is 2. The van der Waals surface area contributed by atoms with E-state index in [1.165, 1.54) is 5.56 Å². The molecule has 8 heteroatoms. The molecule has 0 saturated heterocycles. The molecule has 29 heavy (non-hydrogen) atoms. The fraction of sp³-hybridized carbons (Fsp3) is 0.286. The molecule has 2 amide bonds. The lowest BCUT2D eigenvalue weighted by Gasteiger charge is -2.30. The number of aromatic nitrogens is 1. The number of hydrogen-bond acceptors (Lipinski definition) is 6. The van der Waals surface area contributed by atoms with Gasteiger partial charge in [0.1, 0.15) is 17.4 Å². The molecule has 2 aromatic heterocycles. The van der Waals surface area contributed by atoms with Crippen molar-refractivity contribution in [2.24, 2.45) is 5.73 Å². The van der Waals surface area contributed by atoms with E-state index in [-0.39, 0.29) is 0 Å². The number of carbonyl (C=O) groups excluding carboxylic acids is 2. The lowest BCUT2D eigenvalue weighted by Crippen LogP contribution is -2.46. The van der Waals surface area contributed by atoms with Gasteiger partial charge in [-0.25, -0.2) is 0 Å². The van der Waals surface area contributed by atoms with Crippen LogP contribution in [-0.2, 0) is 17.8 Å². The first-order valence-electron chi connectivity index (χ1n) is 9.40. The molecule has 3 aromatic rings. The second-order valence-electron chi connectivity index (χ2n) is 7.11. The van der Waals surface area contributed by atoms with Crippen molar-refractivity contribution >= 4 is 28.5 Å². The van der Waals surface area contributed by atoms with Crippen molar-refractivity contribution in [2.45, 2.75) is 25.9 Å². The third-order valence-electron chi connectivity index (χ3n) is 5.24. The van der Waals surface area contributed by atoms with Gasteiger partial charge in [0, 0.05) is 42.5 Å². The standard InChI is InChI=1S/C21H22N4O4/c1-12-19(21(28)24-17(11-26)20(22)27)15-9-14(4-5-18(15)29-12)25-8-6-16-13(10-25)3-2-7-23-16/h2-5,7,9,17,26H,6,8,10-11H2,1H3,(H2,22,27)(H,24,28)/t17-/m0/s1. The SMILES string of the molecule is Cc1oc2ccc(N3CCc4ncccc4C3)cc2c1C(=O)N[C@@H](CO)C(N)=O. The molecule has 1 aliphatic rings. The highest BCUT2D eigenvalue weighted by Gasteiger charge is 2.24. The zero-order valence-electron chi connectivity index (χ0n) is 16.0. The first-order chi connectivity index (χ1) is 14.0. The Kier molecular flexibility index (Phi) is 4.94. The summed E-state index contributed by atoms with van der Waals surface area (Å²) in [5.74, 6) is -0.874. The first kappa shape index (κ1) is 18.9. The number of hydrogen-bond donors (Lipinski definition) is 3. The summed E-state index contributed by atoms with van der Waals surface area (Å²) in [5, 5.41) is 12.4. The number of benzene rings is 1. The lowest BCUT2D eigenvalue weighted by molar-refractivity contribution is -0.120. The van der Waals surface area contributed by atoms with Crippen molar-refractivity contribution in [1.82, 2.24) is 10.3 Å². The Morgan fingerprint density at radius 3 is 2.97 bits per heavy atom. The van der Waals surface area contributed by atoms with Crippen LogP contribution in [0.4, 0.5) is 5.69 Å². The Balaban J connectivity index is 1.67. The third kappa shape index (κ3) is 3.54. The van der Waals surface area contributed by atoms with Crippen molar-refractivity contribution < 1.29 is 19.1 Å². The van der Waals surface area contributed by atoms with Crippen LogP contribution in [0.3, 0.4) is 0 Å². The van der Waals surface area contributed by atoms with E-state index in [2.05, 4.69) is 21.3 Å². The Morgan fingerprint density at radius 1 is 1.38 bits per heavy atom. The molecule has 150 valence electrons. The second-order valence-corrected chi connectivity index (χ2v) is 7.11. The molecular weight excluding hydrogens is 372 g/mol. The number of primary amides is 1. The highest BCUT2D eigenvalue weighted by Crippen LogP contribution is 2.31. The van der Waals surface area contributed by atoms with Gasteiger partial charge in [-0.3, -0.25) is 14.6 Å². The monoisotopic (exact) mass is 394 g/mol. The topological polar surface area (TPSA) is 122 Å². The van der Waals surface area contributed by atoms with E-state index in [4.69, 9.17) is 10.2 Å². The number of nitrogens with one attached hydrogen (secondary N) is 1. The number of nitrogens with two attached hydrogens (primary N) is 1. The number of pyridine rings is 1. The smallest absolute Gasteiger partial charge is 0.256 e. The molecular formula is C21H22N4O4. The molecule has 0 fully saturated rings. The molecule has 1 atom stereocenters. The summed E-state index contributed by atoms with van der Waals surface area (Å²) in [4.78, 5) is 30.8. The number of aryl methyl sites for hydroxylation is 1. The Morgan fingerprint density at radius 2 is 2.21 bits per heavy atom. The van der Waals surface area contributed by atoms with Gasteiger partial charge >= 0.3 is 0 Å². The Bertz CT molecular complexity index is 1090. The predicted molar refractivity (Wildman–Crippen MR) is 107 cm³/mol. The molecule has 1 aromatic carbocycles. The molecule has 4 N–H and O–H groups in total. The molecule has 8 nitrogen and oxygen atoms in total. The average molecular weight is 394 g/mol. The maximum Gasteiger partial charge on any atom is 0.256 e. The van der Waals surface area contributed by atoms with E-state index < -0.39 is 24.5 Å². The molecule has 0 unspecified atom stereocenters. The molecule has 1 aliphatic heterocycles. The molecule has 0 spiro atoms. The summed E-state index contributed by atoms with van der Waals surface area (Å²) in [7, 11) is 0. The van der Waals surface area contributed by atoms with Crippen molar-refractivity contribution in [3.8, 4) is 0 Å². The van der Waals surface area contributed by atoms with Gasteiger partial charge in [0.25, 0.3) is 5.91 Å². The number of rotatable bonds is 5. The quantitative estimate of drug-likeness (QED) is 0.599. The summed E-state index contributed by atoms with van der Waals surface area (Å²) in [6, 6.07) is 8.58. The molecule has 0 radical (unpaired) electrons. The van der Waals surface area contributed by atoms with Gasteiger partial charge in [-0.15, -0.1) is 0 Å². The minimum absolute atomic E-state index is 0.334. The van der Waals surface area contributed by atoms with Gasteiger partial charge in [0.05, 0.1) is 12.2 Å². The molecule has 4 rings (SSSR count). The van der Waals surface area contributed by atoms with Gasteiger partial charge in [0.15, 0.2) is 0 Å². The first-order valence-corrected chi connectivity index (χ1v) is 9.40. The normalized spacial score (nSPS) is 14.5. The van der Waals surface area contributed by atoms with Gasteiger partial charge < -0.3 is 25.5 Å². The fourth-order valence-corrected chi connectivity index (χ4v) is 3.71. The molecule has 0 bridgehead atoms. The zero-order chi connectivity index (χ0) is 20.5. The molecule has 3 heterocycles. The zero-order valence-corrected chi connectivity index (χ0v) is 16.0. The van der Waals surface area contributed by atoms with Crippen LogP contribution in [0.15, 0.2) is 40.9 Å². The number of fused-ring (bicyclic) bond motifs is 2. The van der Waals surface area contributed by atoms with Crippen LogP contribution in [0.1, 0.15) is 27.4 Å². The van der Waals surface area contributed by atoms with E-state index in [0.29, 0.717) is 22.3 Å². The number of aliphatic hydroxyl groups excluding tert-OH is 1. The van der Waals surface area contributed by atoms with Gasteiger partial charge in [-0.2, -0.15) is 0 Å². The highest BCUT2D eigenvalue weighted by atomic mass is 16.3. The summed E-state index contributed by atoms with van der Waals surface area (Å²) in [6.45, 7) is 2.68. The van der Waals surface area contributed by atoms with Crippen LogP contribution < -0.4 is 16.0 Å². The Labute approximate surface area is 167 Å². The summed E-state index contributed by atoms with van der Waals surface area (Å²) in [6.07, 6.45) is 2.66. The van der Waals surface area contributed by atoms with Crippen LogP contribution in [0, 0.1) is 6.92 Å². The van der Waals surface area contributed by atoms with Crippen molar-refractivity contribution in [1.29, 1.82) is 0 Å². The number of amides is 2. The largest absolute Gasteiger partial charge is 0.461 e. The van der Waals surface area contributed by atoms with E-state index in [0.717, 1.165) is 30.9 Å². The van der Waals surface area contributed by atoms with Gasteiger partial charge in [-0.1, -0.05) is 6.07 Å². The van der Waals surface area contributed by atoms with Gasteiger partial charge in [-0.05, 0) is 36.8 Å². The van der Waals surface area contributed by atoms with Crippen LogP contribution in [0.2, 0.25) is 0 Å². The van der Waals surface area contributed by atoms with Gasteiger partial charge in [0.2, 0.25) is 5.91 Å². The van der Waals surface area contributed by atoms with Crippen molar-refractivity contribution in [2.75, 3.05) is 18.1 Å². The predicted octanol–water partition coefficient (Wildman–Crippen LogP) is 1.27. The van der Waals surface area contributed by atoms with Crippen LogP contribution in [0.25, 0.3) is 11.0 Å². The summed E-state index contributed by atoms with van der Waals surface area (Å²) in [5.41, 5.74) is 9.40. The summed E-state index contributed by atoms with van der Waals surface area (Å²) >= 11 is 0. The molecule has 0 aliphatic carbocycles.